The maximum atomic E-state index is 13.7. The van der Waals surface area contributed by atoms with Gasteiger partial charge in [0, 0.05) is 13.6 Å². The molecule has 1 rings (SSSR count). The number of amidine groups is 1. The minimum atomic E-state index is -0.413. The summed E-state index contributed by atoms with van der Waals surface area (Å²) in [6.45, 7) is 4.01. The van der Waals surface area contributed by atoms with E-state index in [1.54, 1.807) is 14.0 Å². The van der Waals surface area contributed by atoms with Crippen molar-refractivity contribution in [3.63, 3.8) is 0 Å². The number of aryl methyl sites for hydroxylation is 2. The van der Waals surface area contributed by atoms with Crippen molar-refractivity contribution in [2.75, 3.05) is 7.05 Å². The van der Waals surface area contributed by atoms with Crippen LogP contribution in [0.2, 0.25) is 0 Å². The van der Waals surface area contributed by atoms with E-state index in [9.17, 15) is 4.39 Å². The van der Waals surface area contributed by atoms with Gasteiger partial charge in [-0.05, 0) is 13.8 Å². The summed E-state index contributed by atoms with van der Waals surface area (Å²) in [5, 5.41) is 7.49. The molecule has 0 aliphatic carbocycles. The zero-order valence-corrected chi connectivity index (χ0v) is 9.00. The highest BCUT2D eigenvalue weighted by atomic mass is 19.1. The van der Waals surface area contributed by atoms with E-state index in [1.165, 1.54) is 4.68 Å². The Hall–Kier alpha value is -1.63. The zero-order valence-electron chi connectivity index (χ0n) is 9.00. The molecular weight excluding hydrogens is 199 g/mol. The SMILES string of the molecule is CCn1nc(C)c(F)c1C(=NN)NNC. The van der Waals surface area contributed by atoms with E-state index >= 15 is 0 Å². The molecule has 7 heteroatoms. The summed E-state index contributed by atoms with van der Waals surface area (Å²) in [6.07, 6.45) is 0. The molecule has 4 N–H and O–H groups in total. The van der Waals surface area contributed by atoms with Gasteiger partial charge in [-0.25, -0.2) is 9.82 Å². The Morgan fingerprint density at radius 3 is 2.80 bits per heavy atom. The van der Waals surface area contributed by atoms with Crippen molar-refractivity contribution in [1.29, 1.82) is 0 Å². The Kier molecular flexibility index (Phi) is 3.62. The average Bonchev–Trinajstić information content (AvgIpc) is 2.52. The second-order valence-corrected chi connectivity index (χ2v) is 2.92. The molecule has 1 aromatic heterocycles. The van der Waals surface area contributed by atoms with Crippen molar-refractivity contribution in [1.82, 2.24) is 20.6 Å². The number of halogens is 1. The van der Waals surface area contributed by atoms with Gasteiger partial charge in [0.05, 0.1) is 5.69 Å². The van der Waals surface area contributed by atoms with Crippen molar-refractivity contribution < 1.29 is 4.39 Å². The molecule has 0 atom stereocenters. The number of hydrazone groups is 1. The molecule has 0 saturated heterocycles. The minimum Gasteiger partial charge on any atom is -0.321 e. The van der Waals surface area contributed by atoms with Gasteiger partial charge >= 0.3 is 0 Å². The van der Waals surface area contributed by atoms with E-state index < -0.39 is 5.82 Å². The van der Waals surface area contributed by atoms with Crippen molar-refractivity contribution in [3.05, 3.63) is 17.2 Å². The van der Waals surface area contributed by atoms with E-state index in [0.29, 0.717) is 12.2 Å². The fraction of sp³-hybridized carbons (Fsp3) is 0.500. The lowest BCUT2D eigenvalue weighted by Gasteiger charge is -2.08. The molecule has 0 unspecified atom stereocenters. The lowest BCUT2D eigenvalue weighted by Crippen LogP contribution is -2.37. The molecule has 0 amide bonds. The van der Waals surface area contributed by atoms with Gasteiger partial charge < -0.3 is 11.3 Å². The molecule has 0 bridgehead atoms. The molecule has 0 aliphatic rings. The lowest BCUT2D eigenvalue weighted by atomic mass is 10.3. The summed E-state index contributed by atoms with van der Waals surface area (Å²) < 4.78 is 15.2. The number of nitrogens with two attached hydrogens (primary N) is 1. The van der Waals surface area contributed by atoms with E-state index in [4.69, 9.17) is 5.84 Å². The van der Waals surface area contributed by atoms with Crippen LogP contribution >= 0.6 is 0 Å². The smallest absolute Gasteiger partial charge is 0.188 e. The van der Waals surface area contributed by atoms with Crippen molar-refractivity contribution >= 4 is 5.84 Å². The summed E-state index contributed by atoms with van der Waals surface area (Å²) in [4.78, 5) is 0. The fourth-order valence-electron chi connectivity index (χ4n) is 1.29. The second kappa shape index (κ2) is 4.74. The first-order valence-electron chi connectivity index (χ1n) is 4.59. The third-order valence-electron chi connectivity index (χ3n) is 1.95. The molecule has 0 spiro atoms. The van der Waals surface area contributed by atoms with Crippen LogP contribution in [0, 0.1) is 12.7 Å². The van der Waals surface area contributed by atoms with Gasteiger partial charge in [0.25, 0.3) is 0 Å². The van der Waals surface area contributed by atoms with Gasteiger partial charge in [-0.3, -0.25) is 4.68 Å². The molecule has 0 fully saturated rings. The van der Waals surface area contributed by atoms with Crippen molar-refractivity contribution in [3.8, 4) is 0 Å². The lowest BCUT2D eigenvalue weighted by molar-refractivity contribution is 0.600. The van der Waals surface area contributed by atoms with E-state index in [-0.39, 0.29) is 11.5 Å². The molecule has 0 saturated carbocycles. The summed E-state index contributed by atoms with van der Waals surface area (Å²) in [6, 6.07) is 0. The molecular formula is C8H15FN6. The highest BCUT2D eigenvalue weighted by molar-refractivity contribution is 5.97. The molecule has 6 nitrogen and oxygen atoms in total. The standard InChI is InChI=1S/C8H15FN6/c1-4-15-7(6(9)5(2)14-15)8(12-10)13-11-3/h11H,4,10H2,1-3H3,(H,12,13). The minimum absolute atomic E-state index is 0.220. The van der Waals surface area contributed by atoms with Crippen LogP contribution in [0.3, 0.4) is 0 Å². The van der Waals surface area contributed by atoms with Gasteiger partial charge in [0.1, 0.15) is 5.69 Å². The summed E-state index contributed by atoms with van der Waals surface area (Å²) in [5.41, 5.74) is 5.87. The maximum absolute atomic E-state index is 13.7. The number of hydrogen-bond donors (Lipinski definition) is 3. The van der Waals surface area contributed by atoms with Crippen LogP contribution in [0.1, 0.15) is 18.3 Å². The molecule has 15 heavy (non-hydrogen) atoms. The Labute approximate surface area is 87.3 Å². The Bertz CT molecular complexity index is 369. The quantitative estimate of drug-likeness (QED) is 0.279. The van der Waals surface area contributed by atoms with E-state index in [0.717, 1.165) is 0 Å². The van der Waals surface area contributed by atoms with Gasteiger partial charge in [0.15, 0.2) is 11.7 Å². The third-order valence-corrected chi connectivity index (χ3v) is 1.95. The van der Waals surface area contributed by atoms with Crippen LogP contribution in [-0.4, -0.2) is 22.7 Å². The molecule has 0 radical (unpaired) electrons. The van der Waals surface area contributed by atoms with Crippen LogP contribution in [0.4, 0.5) is 4.39 Å². The van der Waals surface area contributed by atoms with Crippen LogP contribution < -0.4 is 16.7 Å². The topological polar surface area (TPSA) is 80.3 Å². The highest BCUT2D eigenvalue weighted by Crippen LogP contribution is 2.11. The molecule has 1 heterocycles. The number of rotatable bonds is 3. The first-order valence-corrected chi connectivity index (χ1v) is 4.59. The molecule has 0 aromatic carbocycles. The van der Waals surface area contributed by atoms with Gasteiger partial charge in [-0.15, -0.1) is 0 Å². The Morgan fingerprint density at radius 2 is 2.33 bits per heavy atom. The molecule has 1 aromatic rings. The van der Waals surface area contributed by atoms with Gasteiger partial charge in [0.2, 0.25) is 0 Å². The number of hydrazine groups is 1. The molecule has 84 valence electrons. The van der Waals surface area contributed by atoms with Crippen molar-refractivity contribution in [2.45, 2.75) is 20.4 Å². The van der Waals surface area contributed by atoms with Crippen LogP contribution in [0.5, 0.6) is 0 Å². The van der Waals surface area contributed by atoms with Gasteiger partial charge in [-0.2, -0.15) is 10.2 Å². The van der Waals surface area contributed by atoms with E-state index in [1.807, 2.05) is 6.92 Å². The Morgan fingerprint density at radius 1 is 1.67 bits per heavy atom. The zero-order chi connectivity index (χ0) is 11.4. The third kappa shape index (κ3) is 2.07. The predicted octanol–water partition coefficient (Wildman–Crippen LogP) is -0.305. The number of nitrogens with one attached hydrogen (secondary N) is 2. The van der Waals surface area contributed by atoms with Crippen LogP contribution in [-0.2, 0) is 6.54 Å². The van der Waals surface area contributed by atoms with E-state index in [2.05, 4.69) is 21.1 Å². The monoisotopic (exact) mass is 214 g/mol. The maximum Gasteiger partial charge on any atom is 0.188 e. The normalized spacial score (nSPS) is 11.9. The number of nitrogens with zero attached hydrogens (tertiary/aromatic N) is 3. The highest BCUT2D eigenvalue weighted by Gasteiger charge is 2.19. The predicted molar refractivity (Wildman–Crippen MR) is 55.5 cm³/mol. The first-order chi connectivity index (χ1) is 7.15. The average molecular weight is 214 g/mol. The summed E-state index contributed by atoms with van der Waals surface area (Å²) >= 11 is 0. The van der Waals surface area contributed by atoms with Crippen LogP contribution in [0.15, 0.2) is 5.10 Å². The second-order valence-electron chi connectivity index (χ2n) is 2.92. The number of hydrogen-bond acceptors (Lipinski definition) is 4. The first kappa shape index (κ1) is 11.4. The van der Waals surface area contributed by atoms with Crippen molar-refractivity contribution in [2.24, 2.45) is 10.9 Å². The summed E-state index contributed by atoms with van der Waals surface area (Å²) in [7, 11) is 1.64. The molecule has 0 aliphatic heterocycles. The number of aromatic nitrogens is 2. The Balaban J connectivity index is 3.21. The van der Waals surface area contributed by atoms with Crippen LogP contribution in [0.25, 0.3) is 0 Å². The fourth-order valence-corrected chi connectivity index (χ4v) is 1.29. The summed E-state index contributed by atoms with van der Waals surface area (Å²) in [5.74, 6) is 4.98. The largest absolute Gasteiger partial charge is 0.321 e. The van der Waals surface area contributed by atoms with Gasteiger partial charge in [-0.1, -0.05) is 0 Å².